The molecule has 6 aromatic carbocycles. The second-order valence-electron chi connectivity index (χ2n) is 11.1. The summed E-state index contributed by atoms with van der Waals surface area (Å²) in [5.74, 6) is 1.82. The van der Waals surface area contributed by atoms with Gasteiger partial charge in [0.05, 0.1) is 0 Å². The van der Waals surface area contributed by atoms with Gasteiger partial charge in [0.2, 0.25) is 0 Å². The summed E-state index contributed by atoms with van der Waals surface area (Å²) in [5.41, 5.74) is 6.56. The van der Waals surface area contributed by atoms with Crippen molar-refractivity contribution in [2.45, 2.75) is 0 Å². The first-order valence-corrected chi connectivity index (χ1v) is 14.9. The molecule has 9 aromatic rings. The fraction of sp³-hybridized carbons (Fsp3) is 0. The summed E-state index contributed by atoms with van der Waals surface area (Å²) in [7, 11) is 0. The molecule has 5 heteroatoms. The van der Waals surface area contributed by atoms with E-state index in [9.17, 15) is 0 Å². The lowest BCUT2D eigenvalue weighted by atomic mass is 10.0. The van der Waals surface area contributed by atoms with Crippen LogP contribution in [0.5, 0.6) is 0 Å². The third-order valence-electron chi connectivity index (χ3n) is 8.39. The van der Waals surface area contributed by atoms with E-state index in [1.165, 1.54) is 5.39 Å². The van der Waals surface area contributed by atoms with Crippen LogP contribution >= 0.6 is 0 Å². The largest absolute Gasteiger partial charge is 0.455 e. The van der Waals surface area contributed by atoms with Gasteiger partial charge in [-0.25, -0.2) is 15.0 Å². The van der Waals surface area contributed by atoms with Crippen molar-refractivity contribution in [2.75, 3.05) is 0 Å². The molecule has 45 heavy (non-hydrogen) atoms. The highest BCUT2D eigenvalue weighted by atomic mass is 16.3. The zero-order chi connectivity index (χ0) is 29.7. The van der Waals surface area contributed by atoms with E-state index in [0.29, 0.717) is 17.5 Å². The van der Waals surface area contributed by atoms with Crippen LogP contribution in [0, 0.1) is 0 Å². The standard InChI is InChI=1S/C40H24N4O/c1-2-8-25(9-3-1)29-12-6-13-30(22-29)38-42-39(31-17-16-26-10-4-5-11-28(26)23-31)44-40(43-38)33-14-7-15-35-36(33)32-19-18-27-20-21-41-24-34(27)37(32)45-35/h1-24H. The number of nitrogens with zero attached hydrogens (tertiary/aromatic N) is 4. The molecule has 0 aliphatic heterocycles. The molecule has 0 aliphatic carbocycles. The fourth-order valence-corrected chi connectivity index (χ4v) is 6.18. The molecule has 0 aliphatic rings. The second-order valence-corrected chi connectivity index (χ2v) is 11.1. The van der Waals surface area contributed by atoms with Crippen molar-refractivity contribution in [1.82, 2.24) is 19.9 Å². The lowest BCUT2D eigenvalue weighted by molar-refractivity contribution is 0.672. The molecule has 3 heterocycles. The van der Waals surface area contributed by atoms with Gasteiger partial charge in [0.25, 0.3) is 0 Å². The van der Waals surface area contributed by atoms with Crippen LogP contribution in [0.1, 0.15) is 0 Å². The average molecular weight is 577 g/mol. The summed E-state index contributed by atoms with van der Waals surface area (Å²) in [4.78, 5) is 19.6. The van der Waals surface area contributed by atoms with E-state index >= 15 is 0 Å². The maximum atomic E-state index is 6.46. The molecule has 0 saturated heterocycles. The summed E-state index contributed by atoms with van der Waals surface area (Å²) in [6.45, 7) is 0. The first-order valence-electron chi connectivity index (χ1n) is 14.9. The summed E-state index contributed by atoms with van der Waals surface area (Å²) in [6, 6.07) is 45.7. The van der Waals surface area contributed by atoms with Crippen molar-refractivity contribution in [3.8, 4) is 45.3 Å². The Labute approximate surface area is 258 Å². The van der Waals surface area contributed by atoms with Gasteiger partial charge in [-0.2, -0.15) is 0 Å². The number of rotatable bonds is 4. The van der Waals surface area contributed by atoms with Crippen LogP contribution in [-0.2, 0) is 0 Å². The van der Waals surface area contributed by atoms with Crippen LogP contribution in [0.15, 0.2) is 150 Å². The minimum absolute atomic E-state index is 0.591. The molecule has 0 unspecified atom stereocenters. The molecule has 0 spiro atoms. The van der Waals surface area contributed by atoms with Crippen LogP contribution in [-0.4, -0.2) is 19.9 Å². The lowest BCUT2D eigenvalue weighted by Crippen LogP contribution is -2.00. The first kappa shape index (κ1) is 25.3. The van der Waals surface area contributed by atoms with E-state index < -0.39 is 0 Å². The molecule has 5 nitrogen and oxygen atoms in total. The van der Waals surface area contributed by atoms with Gasteiger partial charge >= 0.3 is 0 Å². The molecule has 0 saturated carbocycles. The summed E-state index contributed by atoms with van der Waals surface area (Å²) < 4.78 is 6.46. The third kappa shape index (κ3) is 4.33. The predicted molar refractivity (Wildman–Crippen MR) is 182 cm³/mol. The summed E-state index contributed by atoms with van der Waals surface area (Å²) in [6.07, 6.45) is 3.66. The number of fused-ring (bicyclic) bond motifs is 6. The Kier molecular flexibility index (Phi) is 5.74. The molecule has 210 valence electrons. The maximum absolute atomic E-state index is 6.46. The van der Waals surface area contributed by atoms with Gasteiger partial charge in [0.15, 0.2) is 17.5 Å². The Bertz CT molecular complexity index is 2550. The van der Waals surface area contributed by atoms with Crippen molar-refractivity contribution < 1.29 is 4.42 Å². The van der Waals surface area contributed by atoms with Crippen molar-refractivity contribution in [1.29, 1.82) is 0 Å². The molecule has 0 atom stereocenters. The van der Waals surface area contributed by atoms with E-state index in [4.69, 9.17) is 19.4 Å². The van der Waals surface area contributed by atoms with Crippen LogP contribution in [0.3, 0.4) is 0 Å². The second kappa shape index (κ2) is 10.2. The number of aromatic nitrogens is 4. The minimum Gasteiger partial charge on any atom is -0.455 e. The van der Waals surface area contributed by atoms with Crippen molar-refractivity contribution in [3.63, 3.8) is 0 Å². The van der Waals surface area contributed by atoms with Crippen LogP contribution < -0.4 is 0 Å². The van der Waals surface area contributed by atoms with Gasteiger partial charge in [-0.1, -0.05) is 103 Å². The van der Waals surface area contributed by atoms with E-state index in [1.54, 1.807) is 6.20 Å². The third-order valence-corrected chi connectivity index (χ3v) is 8.39. The predicted octanol–water partition coefficient (Wildman–Crippen LogP) is 10.1. The van der Waals surface area contributed by atoms with E-state index in [1.807, 2.05) is 30.5 Å². The van der Waals surface area contributed by atoms with Crippen LogP contribution in [0.4, 0.5) is 0 Å². The Morgan fingerprint density at radius 1 is 0.444 bits per heavy atom. The first-order chi connectivity index (χ1) is 22.3. The molecule has 0 bridgehead atoms. The van der Waals surface area contributed by atoms with Crippen molar-refractivity contribution in [2.24, 2.45) is 0 Å². The Balaban J connectivity index is 1.30. The molecule has 0 N–H and O–H groups in total. The Morgan fingerprint density at radius 2 is 1.16 bits per heavy atom. The quantitative estimate of drug-likeness (QED) is 0.209. The number of furan rings is 1. The van der Waals surface area contributed by atoms with Crippen molar-refractivity contribution >= 4 is 43.5 Å². The average Bonchev–Trinajstić information content (AvgIpc) is 3.51. The molecule has 9 rings (SSSR count). The minimum atomic E-state index is 0.591. The smallest absolute Gasteiger partial charge is 0.164 e. The molecule has 0 fully saturated rings. The monoisotopic (exact) mass is 576 g/mol. The Hall–Kier alpha value is -6.20. The van der Waals surface area contributed by atoms with Gasteiger partial charge < -0.3 is 4.42 Å². The Morgan fingerprint density at radius 3 is 2.04 bits per heavy atom. The van der Waals surface area contributed by atoms with Gasteiger partial charge in [-0.05, 0) is 57.6 Å². The molecule has 0 amide bonds. The molecule has 3 aromatic heterocycles. The van der Waals surface area contributed by atoms with Gasteiger partial charge in [0, 0.05) is 45.2 Å². The topological polar surface area (TPSA) is 64.7 Å². The maximum Gasteiger partial charge on any atom is 0.164 e. The number of hydrogen-bond donors (Lipinski definition) is 0. The fourth-order valence-electron chi connectivity index (χ4n) is 6.18. The van der Waals surface area contributed by atoms with Gasteiger partial charge in [-0.3, -0.25) is 4.98 Å². The zero-order valence-electron chi connectivity index (χ0n) is 24.1. The lowest BCUT2D eigenvalue weighted by Gasteiger charge is -2.11. The summed E-state index contributed by atoms with van der Waals surface area (Å²) in [5, 5.41) is 6.33. The molecular weight excluding hydrogens is 552 g/mol. The number of pyridine rings is 1. The van der Waals surface area contributed by atoms with Gasteiger partial charge in [-0.15, -0.1) is 0 Å². The number of hydrogen-bond acceptors (Lipinski definition) is 5. The van der Waals surface area contributed by atoms with E-state index in [2.05, 4.69) is 114 Å². The van der Waals surface area contributed by atoms with Crippen LogP contribution in [0.25, 0.3) is 88.8 Å². The van der Waals surface area contributed by atoms with E-state index in [-0.39, 0.29) is 0 Å². The van der Waals surface area contributed by atoms with Gasteiger partial charge in [0.1, 0.15) is 11.2 Å². The SMILES string of the molecule is c1ccc(-c2cccc(-c3nc(-c4ccc5ccccc5c4)nc(-c4cccc5oc6c7cnccc7ccc6c45)n3)c2)cc1. The highest BCUT2D eigenvalue weighted by Gasteiger charge is 2.19. The summed E-state index contributed by atoms with van der Waals surface area (Å²) >= 11 is 0. The number of benzene rings is 6. The van der Waals surface area contributed by atoms with Crippen LogP contribution in [0.2, 0.25) is 0 Å². The molecular formula is C40H24N4O. The highest BCUT2D eigenvalue weighted by molar-refractivity contribution is 6.18. The highest BCUT2D eigenvalue weighted by Crippen LogP contribution is 2.39. The van der Waals surface area contributed by atoms with E-state index in [0.717, 1.165) is 65.9 Å². The zero-order valence-corrected chi connectivity index (χ0v) is 24.1. The molecule has 0 radical (unpaired) electrons. The normalized spacial score (nSPS) is 11.6. The van der Waals surface area contributed by atoms with Crippen molar-refractivity contribution in [3.05, 3.63) is 146 Å².